The van der Waals surface area contributed by atoms with Gasteiger partial charge in [-0.1, -0.05) is 6.07 Å². The Balaban J connectivity index is 1.09. The fourth-order valence-corrected chi connectivity index (χ4v) is 5.44. The number of aromatic nitrogens is 3. The third kappa shape index (κ3) is 6.71. The zero-order valence-corrected chi connectivity index (χ0v) is 25.2. The second-order valence-corrected chi connectivity index (χ2v) is 11.1. The lowest BCUT2D eigenvalue weighted by atomic mass is 10.1. The van der Waals surface area contributed by atoms with Gasteiger partial charge in [0.2, 0.25) is 5.88 Å². The molecular formula is C34H31F3N6O3. The molecule has 2 amide bonds. The van der Waals surface area contributed by atoms with E-state index in [1.165, 1.54) is 0 Å². The van der Waals surface area contributed by atoms with Crippen LogP contribution in [-0.2, 0) is 19.8 Å². The number of hydrogen-bond acceptors (Lipinski definition) is 6. The molecule has 0 spiro atoms. The number of piperazine rings is 1. The maximum absolute atomic E-state index is 13.5. The average Bonchev–Trinajstić information content (AvgIpc) is 3.37. The summed E-state index contributed by atoms with van der Waals surface area (Å²) >= 11 is 0. The fourth-order valence-electron chi connectivity index (χ4n) is 5.44. The highest BCUT2D eigenvalue weighted by atomic mass is 19.4. The lowest BCUT2D eigenvalue weighted by Gasteiger charge is -2.34. The molecule has 6 rings (SSSR count). The van der Waals surface area contributed by atoms with Crippen LogP contribution < -0.4 is 10.1 Å². The summed E-state index contributed by atoms with van der Waals surface area (Å²) in [6.45, 7) is 5.25. The van der Waals surface area contributed by atoms with Gasteiger partial charge in [-0.05, 0) is 73.7 Å². The van der Waals surface area contributed by atoms with E-state index < -0.39 is 17.6 Å². The number of ether oxygens (including phenoxy) is 1. The zero-order valence-electron chi connectivity index (χ0n) is 25.2. The minimum Gasteiger partial charge on any atom is -0.439 e. The van der Waals surface area contributed by atoms with Crippen molar-refractivity contribution in [2.24, 2.45) is 7.05 Å². The van der Waals surface area contributed by atoms with Crippen molar-refractivity contribution in [3.8, 4) is 11.6 Å². The fraction of sp³-hybridized carbons (Fsp3) is 0.235. The van der Waals surface area contributed by atoms with Gasteiger partial charge >= 0.3 is 6.18 Å². The first-order valence-electron chi connectivity index (χ1n) is 14.7. The molecule has 1 fully saturated rings. The highest BCUT2D eigenvalue weighted by Crippen LogP contribution is 2.30. The molecule has 0 radical (unpaired) electrons. The van der Waals surface area contributed by atoms with E-state index in [-0.39, 0.29) is 11.5 Å². The maximum Gasteiger partial charge on any atom is 0.416 e. The van der Waals surface area contributed by atoms with Crippen LogP contribution in [0.3, 0.4) is 0 Å². The van der Waals surface area contributed by atoms with Gasteiger partial charge in [0, 0.05) is 68.5 Å². The van der Waals surface area contributed by atoms with Crippen molar-refractivity contribution in [1.29, 1.82) is 0 Å². The van der Waals surface area contributed by atoms with E-state index in [1.54, 1.807) is 31.3 Å². The number of benzene rings is 2. The van der Waals surface area contributed by atoms with Crippen LogP contribution in [0.5, 0.6) is 11.6 Å². The summed E-state index contributed by atoms with van der Waals surface area (Å²) in [6, 6.07) is 20.5. The highest BCUT2D eigenvalue weighted by Gasteiger charge is 2.30. The van der Waals surface area contributed by atoms with E-state index in [0.29, 0.717) is 41.8 Å². The van der Waals surface area contributed by atoms with Gasteiger partial charge in [0.1, 0.15) is 11.4 Å². The van der Waals surface area contributed by atoms with Crippen molar-refractivity contribution in [2.75, 3.05) is 31.5 Å². The lowest BCUT2D eigenvalue weighted by Crippen LogP contribution is -2.48. The summed E-state index contributed by atoms with van der Waals surface area (Å²) in [5, 5.41) is 3.52. The number of aryl methyl sites for hydroxylation is 2. The standard InChI is InChI=1S/C34H31F3N6O3/c1-22-28(40-32(44)23-6-8-25(9-7-23)34(35,36)37)11-13-31(39-22)46-27-10-12-29-24(19-27)20-30(41(29)2)33(45)43-17-15-42(16-18-43)21-26-5-3-4-14-38-26/h3-14,19-20H,15-18,21H2,1-2H3,(H,40,44). The molecule has 0 saturated carbocycles. The molecule has 46 heavy (non-hydrogen) atoms. The Labute approximate surface area is 263 Å². The van der Waals surface area contributed by atoms with Gasteiger partial charge in [-0.2, -0.15) is 13.2 Å². The Kier molecular flexibility index (Phi) is 8.46. The number of carbonyl (C=O) groups excluding carboxylic acids is 2. The molecule has 1 saturated heterocycles. The molecule has 2 aromatic carbocycles. The number of nitrogens with one attached hydrogen (secondary N) is 1. The second kappa shape index (κ2) is 12.6. The number of hydrogen-bond donors (Lipinski definition) is 1. The number of nitrogens with zero attached hydrogens (tertiary/aromatic N) is 5. The third-order valence-corrected chi connectivity index (χ3v) is 8.01. The monoisotopic (exact) mass is 628 g/mol. The van der Waals surface area contributed by atoms with E-state index >= 15 is 0 Å². The minimum atomic E-state index is -4.48. The first-order chi connectivity index (χ1) is 22.0. The number of fused-ring (bicyclic) bond motifs is 1. The second-order valence-electron chi connectivity index (χ2n) is 11.1. The quantitative estimate of drug-likeness (QED) is 0.228. The number of anilines is 1. The smallest absolute Gasteiger partial charge is 0.416 e. The number of pyridine rings is 2. The Morgan fingerprint density at radius 1 is 0.935 bits per heavy atom. The average molecular weight is 629 g/mol. The minimum absolute atomic E-state index is 0.0233. The molecule has 5 aromatic rings. The SMILES string of the molecule is Cc1nc(Oc2ccc3c(c2)cc(C(=O)N2CCN(Cc4ccccn4)CC2)n3C)ccc1NC(=O)c1ccc(C(F)(F)F)cc1. The van der Waals surface area contributed by atoms with Crippen LogP contribution in [0.4, 0.5) is 18.9 Å². The Bertz CT molecular complexity index is 1880. The number of amides is 2. The van der Waals surface area contributed by atoms with E-state index in [2.05, 4.69) is 20.2 Å². The molecule has 1 aliphatic rings. The molecule has 9 nitrogen and oxygen atoms in total. The molecule has 3 aromatic heterocycles. The summed E-state index contributed by atoms with van der Waals surface area (Å²) in [7, 11) is 1.87. The Morgan fingerprint density at radius 2 is 1.70 bits per heavy atom. The van der Waals surface area contributed by atoms with Gasteiger partial charge in [0.05, 0.1) is 22.6 Å². The Hall–Kier alpha value is -5.23. The summed E-state index contributed by atoms with van der Waals surface area (Å²) in [5.74, 6) is 0.234. The van der Waals surface area contributed by atoms with Crippen molar-refractivity contribution in [3.05, 3.63) is 113 Å². The first kappa shape index (κ1) is 30.8. The van der Waals surface area contributed by atoms with Crippen LogP contribution >= 0.6 is 0 Å². The molecule has 0 atom stereocenters. The van der Waals surface area contributed by atoms with Crippen molar-refractivity contribution >= 4 is 28.4 Å². The predicted molar refractivity (Wildman–Crippen MR) is 167 cm³/mol. The van der Waals surface area contributed by atoms with Crippen molar-refractivity contribution in [1.82, 2.24) is 24.3 Å². The number of alkyl halides is 3. The summed E-state index contributed by atoms with van der Waals surface area (Å²) in [5.41, 5.74) is 2.61. The van der Waals surface area contributed by atoms with Gasteiger partial charge in [0.25, 0.3) is 11.8 Å². The maximum atomic E-state index is 13.5. The topological polar surface area (TPSA) is 92.6 Å². The zero-order chi connectivity index (χ0) is 32.4. The van der Waals surface area contributed by atoms with Crippen LogP contribution in [0.15, 0.2) is 85.1 Å². The first-order valence-corrected chi connectivity index (χ1v) is 14.7. The van der Waals surface area contributed by atoms with Crippen molar-refractivity contribution in [2.45, 2.75) is 19.6 Å². The van der Waals surface area contributed by atoms with Crippen molar-refractivity contribution < 1.29 is 27.5 Å². The molecule has 1 N–H and O–H groups in total. The van der Waals surface area contributed by atoms with Gasteiger partial charge in [-0.3, -0.25) is 19.5 Å². The van der Waals surface area contributed by atoms with Gasteiger partial charge in [-0.25, -0.2) is 4.98 Å². The molecule has 1 aliphatic heterocycles. The number of rotatable bonds is 7. The molecule has 236 valence electrons. The molecule has 0 aliphatic carbocycles. The normalized spacial score (nSPS) is 14.0. The third-order valence-electron chi connectivity index (χ3n) is 8.01. The predicted octanol–water partition coefficient (Wildman–Crippen LogP) is 6.30. The Morgan fingerprint density at radius 3 is 2.37 bits per heavy atom. The van der Waals surface area contributed by atoms with Crippen LogP contribution in [0.1, 0.15) is 37.8 Å². The van der Waals surface area contributed by atoms with E-state index in [1.807, 2.05) is 52.9 Å². The lowest BCUT2D eigenvalue weighted by molar-refractivity contribution is -0.137. The largest absolute Gasteiger partial charge is 0.439 e. The van der Waals surface area contributed by atoms with E-state index in [0.717, 1.165) is 60.5 Å². The van der Waals surface area contributed by atoms with Crippen LogP contribution in [-0.4, -0.2) is 62.3 Å². The number of carbonyl (C=O) groups is 2. The number of halogens is 3. The molecule has 4 heterocycles. The van der Waals surface area contributed by atoms with Gasteiger partial charge in [-0.15, -0.1) is 0 Å². The molecule has 0 unspecified atom stereocenters. The van der Waals surface area contributed by atoms with Crippen LogP contribution in [0, 0.1) is 6.92 Å². The van der Waals surface area contributed by atoms with Crippen LogP contribution in [0.25, 0.3) is 10.9 Å². The summed E-state index contributed by atoms with van der Waals surface area (Å²) < 4.78 is 46.4. The van der Waals surface area contributed by atoms with E-state index in [9.17, 15) is 22.8 Å². The summed E-state index contributed by atoms with van der Waals surface area (Å²) in [6.07, 6.45) is -2.69. The summed E-state index contributed by atoms with van der Waals surface area (Å²) in [4.78, 5) is 39.1. The van der Waals surface area contributed by atoms with Gasteiger partial charge < -0.3 is 19.5 Å². The van der Waals surface area contributed by atoms with Crippen LogP contribution in [0.2, 0.25) is 0 Å². The van der Waals surface area contributed by atoms with E-state index in [4.69, 9.17) is 4.74 Å². The van der Waals surface area contributed by atoms with Gasteiger partial charge in [0.15, 0.2) is 0 Å². The molecule has 0 bridgehead atoms. The molecular weight excluding hydrogens is 597 g/mol. The highest BCUT2D eigenvalue weighted by molar-refractivity contribution is 6.04. The van der Waals surface area contributed by atoms with Crippen molar-refractivity contribution in [3.63, 3.8) is 0 Å². The molecule has 12 heteroatoms.